The largest absolute Gasteiger partial charge is 0.463 e. The Morgan fingerprint density at radius 2 is 1.33 bits per heavy atom. The molecule has 0 aliphatic rings. The standard InChI is InChI=1S/C14H28O4.C4H6O2/c1-2-3-4-5-6-7-8-9-10-14(17)18-12-13(16)11-15;1-3(5)4(2)6/h13,15-16H,2-12H2,1H3;1-2H3. The number of esters is 1. The lowest BCUT2D eigenvalue weighted by atomic mass is 10.1. The van der Waals surface area contributed by atoms with Crippen molar-refractivity contribution in [3.8, 4) is 0 Å². The Bertz CT molecular complexity index is 328. The number of carbonyl (C=O) groups is 3. The van der Waals surface area contributed by atoms with E-state index in [0.717, 1.165) is 12.8 Å². The van der Waals surface area contributed by atoms with Crippen molar-refractivity contribution in [2.45, 2.75) is 84.7 Å². The van der Waals surface area contributed by atoms with Gasteiger partial charge in [0.2, 0.25) is 0 Å². The highest BCUT2D eigenvalue weighted by molar-refractivity contribution is 6.35. The van der Waals surface area contributed by atoms with Crippen LogP contribution in [0.1, 0.15) is 78.6 Å². The van der Waals surface area contributed by atoms with E-state index in [4.69, 9.17) is 14.9 Å². The molecule has 0 radical (unpaired) electrons. The second kappa shape index (κ2) is 18.1. The van der Waals surface area contributed by atoms with Gasteiger partial charge in [0.15, 0.2) is 11.6 Å². The predicted octanol–water partition coefficient (Wildman–Crippen LogP) is 2.58. The van der Waals surface area contributed by atoms with Gasteiger partial charge < -0.3 is 14.9 Å². The van der Waals surface area contributed by atoms with Crippen molar-refractivity contribution in [1.29, 1.82) is 0 Å². The van der Waals surface area contributed by atoms with E-state index in [1.54, 1.807) is 0 Å². The fourth-order valence-electron chi connectivity index (χ4n) is 1.72. The highest BCUT2D eigenvalue weighted by atomic mass is 16.5. The summed E-state index contributed by atoms with van der Waals surface area (Å²) < 4.78 is 4.81. The molecular weight excluding hydrogens is 312 g/mol. The third-order valence-electron chi connectivity index (χ3n) is 3.38. The van der Waals surface area contributed by atoms with E-state index in [0.29, 0.717) is 6.42 Å². The lowest BCUT2D eigenvalue weighted by Crippen LogP contribution is -2.21. The van der Waals surface area contributed by atoms with Crippen molar-refractivity contribution >= 4 is 17.5 Å². The summed E-state index contributed by atoms with van der Waals surface area (Å²) in [4.78, 5) is 30.8. The van der Waals surface area contributed by atoms with Crippen LogP contribution in [0.15, 0.2) is 0 Å². The monoisotopic (exact) mass is 346 g/mol. The molecule has 0 saturated heterocycles. The first-order chi connectivity index (χ1) is 11.3. The number of carbonyl (C=O) groups excluding carboxylic acids is 3. The minimum Gasteiger partial charge on any atom is -0.463 e. The second-order valence-electron chi connectivity index (χ2n) is 5.86. The van der Waals surface area contributed by atoms with Crippen molar-refractivity contribution in [3.63, 3.8) is 0 Å². The summed E-state index contributed by atoms with van der Waals surface area (Å²) in [5.74, 6) is -1.04. The number of rotatable bonds is 13. The molecule has 0 rings (SSSR count). The van der Waals surface area contributed by atoms with Gasteiger partial charge >= 0.3 is 5.97 Å². The molecule has 6 heteroatoms. The number of unbranched alkanes of at least 4 members (excludes halogenated alkanes) is 7. The van der Waals surface area contributed by atoms with Crippen LogP contribution in [0.4, 0.5) is 0 Å². The number of Topliss-reactive ketones (excluding diaryl/α,β-unsaturated/α-hetero) is 2. The van der Waals surface area contributed by atoms with Crippen LogP contribution in [0.3, 0.4) is 0 Å². The van der Waals surface area contributed by atoms with Gasteiger partial charge in [-0.3, -0.25) is 14.4 Å². The summed E-state index contributed by atoms with van der Waals surface area (Å²) in [6.45, 7) is 4.24. The van der Waals surface area contributed by atoms with E-state index in [1.807, 2.05) is 0 Å². The Morgan fingerprint density at radius 3 is 1.75 bits per heavy atom. The second-order valence-corrected chi connectivity index (χ2v) is 5.86. The molecule has 0 aromatic rings. The quantitative estimate of drug-likeness (QED) is 0.302. The fourth-order valence-corrected chi connectivity index (χ4v) is 1.72. The Morgan fingerprint density at radius 1 is 0.875 bits per heavy atom. The van der Waals surface area contributed by atoms with Gasteiger partial charge in [-0.2, -0.15) is 0 Å². The molecule has 0 aliphatic carbocycles. The van der Waals surface area contributed by atoms with Gasteiger partial charge in [0.05, 0.1) is 6.61 Å². The SMILES string of the molecule is CC(=O)C(C)=O.CCCCCCCCCCC(=O)OCC(O)CO. The third-order valence-corrected chi connectivity index (χ3v) is 3.38. The van der Waals surface area contributed by atoms with Crippen LogP contribution in [0, 0.1) is 0 Å². The molecule has 0 heterocycles. The zero-order valence-electron chi connectivity index (χ0n) is 15.4. The maximum Gasteiger partial charge on any atom is 0.305 e. The molecular formula is C18H34O6. The highest BCUT2D eigenvalue weighted by Crippen LogP contribution is 2.09. The van der Waals surface area contributed by atoms with Crippen LogP contribution in [0.2, 0.25) is 0 Å². The molecule has 142 valence electrons. The zero-order valence-corrected chi connectivity index (χ0v) is 15.4. The average Bonchev–Trinajstić information content (AvgIpc) is 2.55. The van der Waals surface area contributed by atoms with Crippen LogP contribution in [0.5, 0.6) is 0 Å². The van der Waals surface area contributed by atoms with Gasteiger partial charge in [-0.1, -0.05) is 51.9 Å². The normalized spacial score (nSPS) is 11.2. The van der Waals surface area contributed by atoms with E-state index in [2.05, 4.69) is 6.92 Å². The van der Waals surface area contributed by atoms with Crippen LogP contribution in [0.25, 0.3) is 0 Å². The van der Waals surface area contributed by atoms with Crippen LogP contribution >= 0.6 is 0 Å². The molecule has 24 heavy (non-hydrogen) atoms. The molecule has 0 saturated carbocycles. The Labute approximate surface area is 145 Å². The molecule has 0 fully saturated rings. The topological polar surface area (TPSA) is 101 Å². The van der Waals surface area contributed by atoms with E-state index in [9.17, 15) is 14.4 Å². The summed E-state index contributed by atoms with van der Waals surface area (Å²) in [5, 5.41) is 17.5. The first-order valence-corrected chi connectivity index (χ1v) is 8.81. The van der Waals surface area contributed by atoms with Crippen molar-refractivity contribution in [1.82, 2.24) is 0 Å². The molecule has 2 N–H and O–H groups in total. The van der Waals surface area contributed by atoms with Gasteiger partial charge in [-0.15, -0.1) is 0 Å². The summed E-state index contributed by atoms with van der Waals surface area (Å²) in [5.41, 5.74) is 0. The number of aliphatic hydroxyl groups excluding tert-OH is 2. The molecule has 1 unspecified atom stereocenters. The zero-order chi connectivity index (χ0) is 18.8. The van der Waals surface area contributed by atoms with Gasteiger partial charge in [0.1, 0.15) is 12.7 Å². The maximum atomic E-state index is 11.2. The number of ether oxygens (including phenoxy) is 1. The smallest absolute Gasteiger partial charge is 0.305 e. The number of ketones is 2. The fraction of sp³-hybridized carbons (Fsp3) is 0.833. The van der Waals surface area contributed by atoms with Gasteiger partial charge in [-0.25, -0.2) is 0 Å². The summed E-state index contributed by atoms with van der Waals surface area (Å²) in [6, 6.07) is 0. The van der Waals surface area contributed by atoms with Crippen LogP contribution < -0.4 is 0 Å². The number of hydrogen-bond donors (Lipinski definition) is 2. The highest BCUT2D eigenvalue weighted by Gasteiger charge is 2.07. The van der Waals surface area contributed by atoms with Gasteiger partial charge in [0.25, 0.3) is 0 Å². The average molecular weight is 346 g/mol. The summed E-state index contributed by atoms with van der Waals surface area (Å²) in [7, 11) is 0. The summed E-state index contributed by atoms with van der Waals surface area (Å²) >= 11 is 0. The molecule has 1 atom stereocenters. The Hall–Kier alpha value is -1.27. The van der Waals surface area contributed by atoms with E-state index < -0.39 is 6.10 Å². The molecule has 0 spiro atoms. The third kappa shape index (κ3) is 20.7. The van der Waals surface area contributed by atoms with E-state index in [-0.39, 0.29) is 30.7 Å². The van der Waals surface area contributed by atoms with Crippen molar-refractivity contribution in [2.75, 3.05) is 13.2 Å². The maximum absolute atomic E-state index is 11.2. The van der Waals surface area contributed by atoms with Gasteiger partial charge in [0, 0.05) is 20.3 Å². The first-order valence-electron chi connectivity index (χ1n) is 8.81. The first kappa shape index (κ1) is 25.0. The predicted molar refractivity (Wildman–Crippen MR) is 92.6 cm³/mol. The summed E-state index contributed by atoms with van der Waals surface area (Å²) in [6.07, 6.45) is 8.99. The minimum atomic E-state index is -0.951. The molecule has 0 aromatic heterocycles. The number of hydrogen-bond acceptors (Lipinski definition) is 6. The van der Waals surface area contributed by atoms with Crippen molar-refractivity contribution < 1.29 is 29.3 Å². The molecule has 0 bridgehead atoms. The molecule has 0 aliphatic heterocycles. The van der Waals surface area contributed by atoms with E-state index >= 15 is 0 Å². The Kier molecular flexibility index (Phi) is 18.8. The van der Waals surface area contributed by atoms with Crippen LogP contribution in [-0.4, -0.2) is 47.1 Å². The van der Waals surface area contributed by atoms with Crippen molar-refractivity contribution in [2.24, 2.45) is 0 Å². The molecule has 0 aromatic carbocycles. The van der Waals surface area contributed by atoms with E-state index in [1.165, 1.54) is 52.4 Å². The number of aliphatic hydroxyl groups is 2. The minimum absolute atomic E-state index is 0.105. The Balaban J connectivity index is 0. The van der Waals surface area contributed by atoms with Crippen LogP contribution in [-0.2, 0) is 19.1 Å². The lowest BCUT2D eigenvalue weighted by molar-refractivity contribution is -0.147. The molecule has 0 amide bonds. The lowest BCUT2D eigenvalue weighted by Gasteiger charge is -2.08. The van der Waals surface area contributed by atoms with Crippen molar-refractivity contribution in [3.05, 3.63) is 0 Å². The van der Waals surface area contributed by atoms with Gasteiger partial charge in [-0.05, 0) is 6.42 Å². The molecule has 6 nitrogen and oxygen atoms in total.